The molecule has 0 aromatic rings. The van der Waals surface area contributed by atoms with Crippen LogP contribution in [-0.2, 0) is 9.59 Å². The molecule has 2 fully saturated rings. The fourth-order valence-electron chi connectivity index (χ4n) is 4.76. The molecule has 2 amide bonds. The first-order valence-electron chi connectivity index (χ1n) is 8.49. The summed E-state index contributed by atoms with van der Waals surface area (Å²) in [7, 11) is 0. The van der Waals surface area contributed by atoms with Crippen LogP contribution in [0.1, 0.15) is 73.1 Å². The van der Waals surface area contributed by atoms with E-state index in [1.807, 2.05) is 0 Å². The highest BCUT2D eigenvalue weighted by Crippen LogP contribution is 2.51. The maximum absolute atomic E-state index is 12.4. The lowest BCUT2D eigenvalue weighted by atomic mass is 9.61. The van der Waals surface area contributed by atoms with Gasteiger partial charge in [0.2, 0.25) is 11.8 Å². The van der Waals surface area contributed by atoms with E-state index in [9.17, 15) is 9.59 Å². The Kier molecular flexibility index (Phi) is 4.51. The molecule has 1 heterocycles. The Morgan fingerprint density at radius 3 is 2.38 bits per heavy atom. The molecular weight excluding hydrogens is 262 g/mol. The van der Waals surface area contributed by atoms with Crippen molar-refractivity contribution in [2.24, 2.45) is 28.6 Å². The molecule has 3 atom stereocenters. The standard InChI is InChI=1S/C18H31NO2/c1-12(2)15-16(21)19-14(20)11-18(15)9-6-7-13(8-10-18)17(3,4)5/h12-13,15H,6-11H2,1-5H3,(H,19,20,21). The molecule has 3 nitrogen and oxygen atoms in total. The minimum absolute atomic E-state index is 0.00563. The topological polar surface area (TPSA) is 46.2 Å². The molecular formula is C18H31NO2. The fraction of sp³-hybridized carbons (Fsp3) is 0.889. The third kappa shape index (κ3) is 3.32. The van der Waals surface area contributed by atoms with Crippen molar-refractivity contribution in [2.75, 3.05) is 0 Å². The van der Waals surface area contributed by atoms with Gasteiger partial charge in [-0.3, -0.25) is 14.9 Å². The van der Waals surface area contributed by atoms with Gasteiger partial charge < -0.3 is 0 Å². The van der Waals surface area contributed by atoms with Crippen LogP contribution in [0.2, 0.25) is 0 Å². The largest absolute Gasteiger partial charge is 0.296 e. The molecule has 0 aromatic heterocycles. The van der Waals surface area contributed by atoms with Crippen molar-refractivity contribution < 1.29 is 9.59 Å². The van der Waals surface area contributed by atoms with Crippen LogP contribution in [0, 0.1) is 28.6 Å². The average molecular weight is 293 g/mol. The van der Waals surface area contributed by atoms with Gasteiger partial charge in [-0.25, -0.2) is 0 Å². The van der Waals surface area contributed by atoms with Gasteiger partial charge in [0.25, 0.3) is 0 Å². The normalized spacial score (nSPS) is 35.0. The Morgan fingerprint density at radius 1 is 1.14 bits per heavy atom. The van der Waals surface area contributed by atoms with Gasteiger partial charge in [0.05, 0.1) is 0 Å². The smallest absolute Gasteiger partial charge is 0.230 e. The van der Waals surface area contributed by atoms with Crippen molar-refractivity contribution in [3.05, 3.63) is 0 Å². The van der Waals surface area contributed by atoms with Crippen molar-refractivity contribution >= 4 is 11.8 Å². The maximum Gasteiger partial charge on any atom is 0.230 e. The lowest BCUT2D eigenvalue weighted by Crippen LogP contribution is -2.53. The summed E-state index contributed by atoms with van der Waals surface area (Å²) >= 11 is 0. The second-order valence-electron chi connectivity index (χ2n) is 8.67. The fourth-order valence-corrected chi connectivity index (χ4v) is 4.76. The van der Waals surface area contributed by atoms with Gasteiger partial charge in [-0.1, -0.05) is 41.0 Å². The summed E-state index contributed by atoms with van der Waals surface area (Å²) in [5.74, 6) is 0.893. The van der Waals surface area contributed by atoms with Crippen LogP contribution < -0.4 is 5.32 Å². The summed E-state index contributed by atoms with van der Waals surface area (Å²) < 4.78 is 0. The molecule has 2 rings (SSSR count). The van der Waals surface area contributed by atoms with E-state index < -0.39 is 0 Å². The Bertz CT molecular complexity index is 421. The summed E-state index contributed by atoms with van der Waals surface area (Å²) in [5.41, 5.74) is 0.230. The molecule has 3 unspecified atom stereocenters. The monoisotopic (exact) mass is 293 g/mol. The van der Waals surface area contributed by atoms with Crippen LogP contribution in [0.15, 0.2) is 0 Å². The highest BCUT2D eigenvalue weighted by Gasteiger charge is 2.50. The minimum Gasteiger partial charge on any atom is -0.296 e. The van der Waals surface area contributed by atoms with Crippen molar-refractivity contribution in [1.29, 1.82) is 0 Å². The number of imide groups is 1. The van der Waals surface area contributed by atoms with Crippen LogP contribution in [-0.4, -0.2) is 11.8 Å². The van der Waals surface area contributed by atoms with Crippen LogP contribution >= 0.6 is 0 Å². The maximum atomic E-state index is 12.4. The highest BCUT2D eigenvalue weighted by molar-refractivity contribution is 5.99. The summed E-state index contributed by atoms with van der Waals surface area (Å²) in [5, 5.41) is 2.57. The van der Waals surface area contributed by atoms with Gasteiger partial charge in [0.1, 0.15) is 0 Å². The lowest BCUT2D eigenvalue weighted by molar-refractivity contribution is -0.146. The second-order valence-corrected chi connectivity index (χ2v) is 8.67. The molecule has 1 aliphatic carbocycles. The molecule has 1 spiro atoms. The molecule has 3 heteroatoms. The summed E-state index contributed by atoms with van der Waals surface area (Å²) in [4.78, 5) is 24.4. The van der Waals surface area contributed by atoms with E-state index in [0.717, 1.165) is 25.7 Å². The molecule has 2 aliphatic rings. The number of hydrogen-bond donors (Lipinski definition) is 1. The number of piperidine rings is 1. The number of carbonyl (C=O) groups excluding carboxylic acids is 2. The van der Waals surface area contributed by atoms with Gasteiger partial charge in [-0.2, -0.15) is 0 Å². The van der Waals surface area contributed by atoms with Gasteiger partial charge in [-0.05, 0) is 48.3 Å². The lowest BCUT2D eigenvalue weighted by Gasteiger charge is -2.44. The van der Waals surface area contributed by atoms with Gasteiger partial charge >= 0.3 is 0 Å². The average Bonchev–Trinajstić information content (AvgIpc) is 2.49. The number of rotatable bonds is 1. The Morgan fingerprint density at radius 2 is 1.81 bits per heavy atom. The second kappa shape index (κ2) is 5.73. The molecule has 1 saturated carbocycles. The predicted octanol–water partition coefficient (Wildman–Crippen LogP) is 3.92. The van der Waals surface area contributed by atoms with Gasteiger partial charge in [0, 0.05) is 12.3 Å². The Balaban J connectivity index is 2.26. The summed E-state index contributed by atoms with van der Waals surface area (Å²) in [6.07, 6.45) is 6.11. The van der Waals surface area contributed by atoms with E-state index in [-0.39, 0.29) is 23.1 Å². The van der Waals surface area contributed by atoms with Gasteiger partial charge in [-0.15, -0.1) is 0 Å². The molecule has 0 radical (unpaired) electrons. The van der Waals surface area contributed by atoms with Crippen molar-refractivity contribution in [3.63, 3.8) is 0 Å². The van der Waals surface area contributed by atoms with Crippen molar-refractivity contribution in [2.45, 2.75) is 73.1 Å². The molecule has 1 N–H and O–H groups in total. The third-order valence-electron chi connectivity index (χ3n) is 5.83. The van der Waals surface area contributed by atoms with E-state index in [4.69, 9.17) is 0 Å². The zero-order chi connectivity index (χ0) is 15.8. The zero-order valence-electron chi connectivity index (χ0n) is 14.3. The van der Waals surface area contributed by atoms with E-state index >= 15 is 0 Å². The Hall–Kier alpha value is -0.860. The SMILES string of the molecule is CC(C)C1C(=O)NC(=O)CC12CCCC(C(C)(C)C)CC2. The first-order chi connectivity index (χ1) is 9.66. The molecule has 1 saturated heterocycles. The third-order valence-corrected chi connectivity index (χ3v) is 5.83. The number of nitrogens with one attached hydrogen (secondary N) is 1. The first kappa shape index (κ1) is 16.5. The minimum atomic E-state index is -0.0897. The van der Waals surface area contributed by atoms with E-state index in [1.54, 1.807) is 0 Å². The quantitative estimate of drug-likeness (QED) is 0.745. The van der Waals surface area contributed by atoms with E-state index in [0.29, 0.717) is 23.7 Å². The van der Waals surface area contributed by atoms with Crippen LogP contribution in [0.3, 0.4) is 0 Å². The van der Waals surface area contributed by atoms with Crippen LogP contribution in [0.25, 0.3) is 0 Å². The molecule has 0 bridgehead atoms. The summed E-state index contributed by atoms with van der Waals surface area (Å²) in [6, 6.07) is 0. The first-order valence-corrected chi connectivity index (χ1v) is 8.49. The molecule has 21 heavy (non-hydrogen) atoms. The van der Waals surface area contributed by atoms with Gasteiger partial charge in [0.15, 0.2) is 0 Å². The van der Waals surface area contributed by atoms with Crippen LogP contribution in [0.4, 0.5) is 0 Å². The molecule has 1 aliphatic heterocycles. The predicted molar refractivity (Wildman–Crippen MR) is 84.6 cm³/mol. The van der Waals surface area contributed by atoms with Crippen LogP contribution in [0.5, 0.6) is 0 Å². The number of amides is 2. The van der Waals surface area contributed by atoms with E-state index in [1.165, 1.54) is 6.42 Å². The van der Waals surface area contributed by atoms with E-state index in [2.05, 4.69) is 39.9 Å². The Labute approximate surface area is 129 Å². The highest BCUT2D eigenvalue weighted by atomic mass is 16.2. The molecule has 0 aromatic carbocycles. The van der Waals surface area contributed by atoms with Crippen molar-refractivity contribution in [3.8, 4) is 0 Å². The summed E-state index contributed by atoms with van der Waals surface area (Å²) in [6.45, 7) is 11.2. The number of carbonyl (C=O) groups is 2. The molecule has 120 valence electrons. The zero-order valence-corrected chi connectivity index (χ0v) is 14.3. The van der Waals surface area contributed by atoms with Crippen molar-refractivity contribution in [1.82, 2.24) is 5.32 Å². The number of hydrogen-bond acceptors (Lipinski definition) is 2.